The standard InChI is InChI=1S/C15H21NO3S2/c1-3-4-5-6-7-10(2)19-11-8-12(14(17)20)16-13(9-11)15(18)21/h8-10H,3-7H2,1-2H3,(H,17,20)(H,18,21)/t10-/m1/s1. The third kappa shape index (κ3) is 6.52. The summed E-state index contributed by atoms with van der Waals surface area (Å²) in [6, 6.07) is 3.00. The first-order chi connectivity index (χ1) is 9.93. The van der Waals surface area contributed by atoms with Crippen molar-refractivity contribution in [1.29, 1.82) is 0 Å². The summed E-state index contributed by atoms with van der Waals surface area (Å²) in [6.07, 6.45) is 5.63. The molecule has 0 aliphatic carbocycles. The van der Waals surface area contributed by atoms with Crippen LogP contribution in [0.25, 0.3) is 0 Å². The molecule has 0 amide bonds. The number of aromatic nitrogens is 1. The molecular formula is C15H21NO3S2. The lowest BCUT2D eigenvalue weighted by Crippen LogP contribution is -2.13. The van der Waals surface area contributed by atoms with Crippen molar-refractivity contribution in [3.63, 3.8) is 0 Å². The molecule has 0 N–H and O–H groups in total. The zero-order valence-corrected chi connectivity index (χ0v) is 14.1. The number of hydrogen-bond acceptors (Lipinski definition) is 4. The fraction of sp³-hybridized carbons (Fsp3) is 0.533. The van der Waals surface area contributed by atoms with Crippen molar-refractivity contribution in [2.75, 3.05) is 0 Å². The fourth-order valence-corrected chi connectivity index (χ4v) is 2.17. The van der Waals surface area contributed by atoms with Gasteiger partial charge in [-0.1, -0.05) is 51.4 Å². The molecule has 1 atom stereocenters. The number of thiol groups is 2. The molecule has 0 fully saturated rings. The van der Waals surface area contributed by atoms with E-state index in [0.717, 1.165) is 12.8 Å². The number of hydrogen-bond donors (Lipinski definition) is 2. The molecule has 0 saturated carbocycles. The van der Waals surface area contributed by atoms with Crippen LogP contribution in [0.3, 0.4) is 0 Å². The van der Waals surface area contributed by atoms with E-state index in [2.05, 4.69) is 37.2 Å². The van der Waals surface area contributed by atoms with Crippen LogP contribution in [0.5, 0.6) is 5.75 Å². The zero-order valence-electron chi connectivity index (χ0n) is 12.3. The lowest BCUT2D eigenvalue weighted by Gasteiger charge is -2.15. The van der Waals surface area contributed by atoms with E-state index in [9.17, 15) is 9.59 Å². The van der Waals surface area contributed by atoms with Crippen LogP contribution in [-0.2, 0) is 0 Å². The maximum atomic E-state index is 11.3. The third-order valence-corrected chi connectivity index (χ3v) is 3.50. The molecule has 1 heterocycles. The minimum Gasteiger partial charge on any atom is -0.491 e. The molecule has 1 rings (SSSR count). The highest BCUT2D eigenvalue weighted by Gasteiger charge is 2.13. The highest BCUT2D eigenvalue weighted by atomic mass is 32.1. The molecule has 0 aromatic carbocycles. The zero-order chi connectivity index (χ0) is 15.8. The smallest absolute Gasteiger partial charge is 0.234 e. The van der Waals surface area contributed by atoms with Gasteiger partial charge in [0.2, 0.25) is 10.2 Å². The largest absolute Gasteiger partial charge is 0.491 e. The summed E-state index contributed by atoms with van der Waals surface area (Å²) in [5, 5.41) is -1.02. The summed E-state index contributed by atoms with van der Waals surface area (Å²) in [5.74, 6) is 0.447. The van der Waals surface area contributed by atoms with Gasteiger partial charge in [0.15, 0.2) is 0 Å². The fourth-order valence-electron chi connectivity index (χ4n) is 1.94. The van der Waals surface area contributed by atoms with E-state index in [0.29, 0.717) is 5.75 Å². The number of ether oxygens (including phenoxy) is 1. The lowest BCUT2D eigenvalue weighted by molar-refractivity contribution is 0.108. The van der Waals surface area contributed by atoms with Crippen molar-refractivity contribution < 1.29 is 14.3 Å². The van der Waals surface area contributed by atoms with Gasteiger partial charge < -0.3 is 4.74 Å². The molecule has 0 radical (unpaired) electrons. The van der Waals surface area contributed by atoms with Gasteiger partial charge in [0.1, 0.15) is 17.1 Å². The molecule has 0 aliphatic heterocycles. The Kier molecular flexibility index (Phi) is 7.82. The van der Waals surface area contributed by atoms with Crippen molar-refractivity contribution in [2.24, 2.45) is 0 Å². The number of carbonyl (C=O) groups excluding carboxylic acids is 2. The summed E-state index contributed by atoms with van der Waals surface area (Å²) in [7, 11) is 0. The predicted octanol–water partition coefficient (Wildman–Crippen LogP) is 3.96. The average Bonchev–Trinajstić information content (AvgIpc) is 2.43. The van der Waals surface area contributed by atoms with Crippen LogP contribution in [0.15, 0.2) is 12.1 Å². The average molecular weight is 327 g/mol. The summed E-state index contributed by atoms with van der Waals surface area (Å²) < 4.78 is 5.76. The van der Waals surface area contributed by atoms with Gasteiger partial charge in [0, 0.05) is 12.1 Å². The van der Waals surface area contributed by atoms with E-state index >= 15 is 0 Å². The quantitative estimate of drug-likeness (QED) is 0.532. The van der Waals surface area contributed by atoms with Crippen molar-refractivity contribution in [3.8, 4) is 5.75 Å². The normalized spacial score (nSPS) is 12.0. The number of nitrogens with zero attached hydrogens (tertiary/aromatic N) is 1. The van der Waals surface area contributed by atoms with Crippen LogP contribution in [0.4, 0.5) is 0 Å². The second kappa shape index (κ2) is 9.10. The van der Waals surface area contributed by atoms with Crippen LogP contribution in [0.1, 0.15) is 66.9 Å². The minimum absolute atomic E-state index is 0.00925. The molecule has 0 unspecified atom stereocenters. The SMILES string of the molecule is CCCCCC[C@@H](C)Oc1cc(C(=O)S)nc(C(=O)S)c1. The highest BCUT2D eigenvalue weighted by Crippen LogP contribution is 2.20. The van der Waals surface area contributed by atoms with E-state index in [1.807, 2.05) is 6.92 Å². The Labute approximate surface area is 136 Å². The first kappa shape index (κ1) is 18.0. The first-order valence-electron chi connectivity index (χ1n) is 7.09. The van der Waals surface area contributed by atoms with Crippen LogP contribution in [0.2, 0.25) is 0 Å². The Morgan fingerprint density at radius 1 is 1.14 bits per heavy atom. The maximum absolute atomic E-state index is 11.3. The van der Waals surface area contributed by atoms with Gasteiger partial charge in [0.25, 0.3) is 0 Å². The second-order valence-electron chi connectivity index (χ2n) is 4.96. The Morgan fingerprint density at radius 3 is 2.19 bits per heavy atom. The number of unbranched alkanes of at least 4 members (excludes halogenated alkanes) is 3. The van der Waals surface area contributed by atoms with Gasteiger partial charge in [-0.3, -0.25) is 9.59 Å². The van der Waals surface area contributed by atoms with E-state index in [-0.39, 0.29) is 17.5 Å². The van der Waals surface area contributed by atoms with Crippen molar-refractivity contribution in [2.45, 2.75) is 52.1 Å². The number of rotatable bonds is 9. The monoisotopic (exact) mass is 327 g/mol. The van der Waals surface area contributed by atoms with Gasteiger partial charge in [-0.2, -0.15) is 0 Å². The van der Waals surface area contributed by atoms with Gasteiger partial charge in [-0.05, 0) is 19.8 Å². The van der Waals surface area contributed by atoms with Crippen molar-refractivity contribution >= 4 is 35.5 Å². The van der Waals surface area contributed by atoms with Crippen LogP contribution < -0.4 is 4.74 Å². The van der Waals surface area contributed by atoms with Gasteiger partial charge in [0.05, 0.1) is 6.10 Å². The Hall–Kier alpha value is -1.01. The second-order valence-corrected chi connectivity index (χ2v) is 5.77. The molecule has 1 aromatic rings. The lowest BCUT2D eigenvalue weighted by atomic mass is 10.1. The molecule has 0 bridgehead atoms. The minimum atomic E-state index is -0.508. The maximum Gasteiger partial charge on any atom is 0.234 e. The van der Waals surface area contributed by atoms with E-state index in [4.69, 9.17) is 4.74 Å². The van der Waals surface area contributed by atoms with Crippen LogP contribution in [0, 0.1) is 0 Å². The Balaban J connectivity index is 2.73. The molecule has 0 aliphatic rings. The summed E-state index contributed by atoms with van der Waals surface area (Å²) in [6.45, 7) is 4.14. The summed E-state index contributed by atoms with van der Waals surface area (Å²) >= 11 is 7.46. The predicted molar refractivity (Wildman–Crippen MR) is 89.7 cm³/mol. The number of carbonyl (C=O) groups is 2. The van der Waals surface area contributed by atoms with Gasteiger partial charge in [-0.15, -0.1) is 0 Å². The summed E-state index contributed by atoms with van der Waals surface area (Å²) in [4.78, 5) is 26.5. The van der Waals surface area contributed by atoms with Crippen molar-refractivity contribution in [3.05, 3.63) is 23.5 Å². The molecule has 4 nitrogen and oxygen atoms in total. The third-order valence-electron chi connectivity index (χ3n) is 3.04. The van der Waals surface area contributed by atoms with E-state index in [1.165, 1.54) is 31.4 Å². The molecule has 6 heteroatoms. The first-order valence-corrected chi connectivity index (χ1v) is 7.98. The molecule has 116 valence electrons. The number of pyridine rings is 1. The Bertz CT molecular complexity index is 473. The summed E-state index contributed by atoms with van der Waals surface area (Å²) in [5.41, 5.74) is 0.179. The molecule has 0 spiro atoms. The van der Waals surface area contributed by atoms with Crippen molar-refractivity contribution in [1.82, 2.24) is 4.98 Å². The Morgan fingerprint density at radius 2 is 1.71 bits per heavy atom. The van der Waals surface area contributed by atoms with Crippen LogP contribution >= 0.6 is 25.3 Å². The van der Waals surface area contributed by atoms with Crippen LogP contribution in [-0.4, -0.2) is 21.3 Å². The molecule has 0 saturated heterocycles. The van der Waals surface area contributed by atoms with Gasteiger partial charge >= 0.3 is 0 Å². The topological polar surface area (TPSA) is 56.3 Å². The van der Waals surface area contributed by atoms with E-state index < -0.39 is 10.2 Å². The van der Waals surface area contributed by atoms with Gasteiger partial charge in [-0.25, -0.2) is 4.98 Å². The molecular weight excluding hydrogens is 306 g/mol. The van der Waals surface area contributed by atoms with E-state index in [1.54, 1.807) is 0 Å². The molecule has 21 heavy (non-hydrogen) atoms. The highest BCUT2D eigenvalue weighted by molar-refractivity contribution is 7.97. The molecule has 1 aromatic heterocycles.